The monoisotopic (exact) mass is 302 g/mol. The maximum Gasteiger partial charge on any atom is 0.391 e. The molecule has 1 aliphatic carbocycles. The molecule has 0 saturated heterocycles. The molecule has 0 spiro atoms. The summed E-state index contributed by atoms with van der Waals surface area (Å²) in [7, 11) is 0. The van der Waals surface area contributed by atoms with Crippen LogP contribution in [0.3, 0.4) is 0 Å². The van der Waals surface area contributed by atoms with Gasteiger partial charge >= 0.3 is 6.18 Å². The Morgan fingerprint density at radius 1 is 1.10 bits per heavy atom. The van der Waals surface area contributed by atoms with Crippen molar-refractivity contribution in [1.29, 1.82) is 0 Å². The molecule has 0 unspecified atom stereocenters. The van der Waals surface area contributed by atoms with E-state index < -0.39 is 23.8 Å². The van der Waals surface area contributed by atoms with Crippen molar-refractivity contribution in [3.05, 3.63) is 34.6 Å². The van der Waals surface area contributed by atoms with E-state index in [1.165, 1.54) is 6.07 Å². The molecule has 0 aliphatic heterocycles. The van der Waals surface area contributed by atoms with E-state index in [1.54, 1.807) is 19.9 Å². The first kappa shape index (κ1) is 16.0. The van der Waals surface area contributed by atoms with E-state index in [1.807, 2.05) is 0 Å². The highest BCUT2D eigenvalue weighted by atomic mass is 19.4. The van der Waals surface area contributed by atoms with E-state index in [0.717, 1.165) is 5.56 Å². The lowest BCUT2D eigenvalue weighted by molar-refractivity contribution is -0.183. The zero-order valence-electron chi connectivity index (χ0n) is 12.1. The Bertz CT molecular complexity index is 517. The van der Waals surface area contributed by atoms with Crippen molar-refractivity contribution in [2.75, 3.05) is 0 Å². The van der Waals surface area contributed by atoms with Gasteiger partial charge in [-0.15, -0.1) is 0 Å². The van der Waals surface area contributed by atoms with Crippen LogP contribution >= 0.6 is 0 Å². The number of alkyl halides is 3. The summed E-state index contributed by atoms with van der Waals surface area (Å²) in [5.41, 5.74) is 1.31. The molecule has 0 amide bonds. The Labute approximate surface area is 121 Å². The van der Waals surface area contributed by atoms with Crippen molar-refractivity contribution in [2.24, 2.45) is 11.8 Å². The fourth-order valence-electron chi connectivity index (χ4n) is 3.11. The van der Waals surface area contributed by atoms with Gasteiger partial charge in [-0.25, -0.2) is 4.39 Å². The third-order valence-electron chi connectivity index (χ3n) is 4.24. The lowest BCUT2D eigenvalue weighted by atomic mass is 9.77. The summed E-state index contributed by atoms with van der Waals surface area (Å²) in [5, 5.41) is 0. The molecule has 2 rings (SSSR count). The Morgan fingerprint density at radius 2 is 1.67 bits per heavy atom. The second kappa shape index (κ2) is 5.78. The molecule has 5 heteroatoms. The maximum absolute atomic E-state index is 14.0. The van der Waals surface area contributed by atoms with Crippen LogP contribution in [0.4, 0.5) is 17.6 Å². The van der Waals surface area contributed by atoms with Crippen LogP contribution in [0.25, 0.3) is 0 Å². The molecule has 0 heterocycles. The number of benzene rings is 1. The minimum atomic E-state index is -4.20. The summed E-state index contributed by atoms with van der Waals surface area (Å²) in [4.78, 5) is 12.4. The van der Waals surface area contributed by atoms with Crippen molar-refractivity contribution in [2.45, 2.75) is 45.7 Å². The SMILES string of the molecule is Cc1cc(C)c(C(=O)C2CCC(C(F)(F)F)CC2)c(F)c1. The summed E-state index contributed by atoms with van der Waals surface area (Å²) in [6, 6.07) is 3.01. The fraction of sp³-hybridized carbons (Fsp3) is 0.562. The van der Waals surface area contributed by atoms with Crippen LogP contribution in [-0.2, 0) is 0 Å². The van der Waals surface area contributed by atoms with E-state index in [9.17, 15) is 22.4 Å². The van der Waals surface area contributed by atoms with E-state index in [0.29, 0.717) is 5.56 Å². The summed E-state index contributed by atoms with van der Waals surface area (Å²) in [6.07, 6.45) is -3.94. The number of Topliss-reactive ketones (excluding diaryl/α,β-unsaturated/α-hetero) is 1. The number of hydrogen-bond donors (Lipinski definition) is 0. The maximum atomic E-state index is 14.0. The predicted octanol–water partition coefficient (Wildman–Crippen LogP) is 4.99. The second-order valence-corrected chi connectivity index (χ2v) is 5.89. The second-order valence-electron chi connectivity index (χ2n) is 5.89. The molecule has 1 aromatic carbocycles. The molecule has 0 radical (unpaired) electrons. The first-order valence-corrected chi connectivity index (χ1v) is 7.08. The number of aryl methyl sites for hydroxylation is 2. The van der Waals surface area contributed by atoms with Crippen LogP contribution in [-0.4, -0.2) is 12.0 Å². The van der Waals surface area contributed by atoms with E-state index in [2.05, 4.69) is 0 Å². The molecule has 1 fully saturated rings. The summed E-state index contributed by atoms with van der Waals surface area (Å²) in [5.74, 6) is -2.76. The number of halogens is 4. The standard InChI is InChI=1S/C16H18F4O/c1-9-7-10(2)14(13(17)8-9)15(21)11-3-5-12(6-4-11)16(18,19)20/h7-8,11-12H,3-6H2,1-2H3. The van der Waals surface area contributed by atoms with Crippen LogP contribution in [0.1, 0.15) is 47.2 Å². The highest BCUT2D eigenvalue weighted by Gasteiger charge is 2.42. The Morgan fingerprint density at radius 3 is 2.14 bits per heavy atom. The zero-order valence-corrected chi connectivity index (χ0v) is 12.1. The predicted molar refractivity (Wildman–Crippen MR) is 71.7 cm³/mol. The minimum Gasteiger partial charge on any atom is -0.294 e. The Balaban J connectivity index is 2.13. The molecule has 1 aliphatic rings. The molecule has 1 aromatic rings. The normalized spacial score (nSPS) is 23.1. The number of hydrogen-bond acceptors (Lipinski definition) is 1. The molecule has 0 aromatic heterocycles. The number of rotatable bonds is 2. The topological polar surface area (TPSA) is 17.1 Å². The van der Waals surface area contributed by atoms with Gasteiger partial charge in [0.1, 0.15) is 5.82 Å². The Hall–Kier alpha value is -1.39. The highest BCUT2D eigenvalue weighted by Crippen LogP contribution is 2.40. The van der Waals surface area contributed by atoms with Crippen molar-refractivity contribution >= 4 is 5.78 Å². The molecular weight excluding hydrogens is 284 g/mol. The van der Waals surface area contributed by atoms with Crippen molar-refractivity contribution in [3.8, 4) is 0 Å². The number of carbonyl (C=O) groups excluding carboxylic acids is 1. The van der Waals surface area contributed by atoms with E-state index in [-0.39, 0.29) is 37.0 Å². The fourth-order valence-corrected chi connectivity index (χ4v) is 3.11. The lowest BCUT2D eigenvalue weighted by Crippen LogP contribution is -2.30. The molecule has 0 atom stereocenters. The third-order valence-corrected chi connectivity index (χ3v) is 4.24. The van der Waals surface area contributed by atoms with Crippen molar-refractivity contribution in [3.63, 3.8) is 0 Å². The molecule has 0 bridgehead atoms. The highest BCUT2D eigenvalue weighted by molar-refractivity contribution is 5.99. The van der Waals surface area contributed by atoms with Gasteiger partial charge in [0.25, 0.3) is 0 Å². The average Bonchev–Trinajstić information content (AvgIpc) is 2.36. The number of carbonyl (C=O) groups is 1. The van der Waals surface area contributed by atoms with Crippen LogP contribution in [0.15, 0.2) is 12.1 Å². The summed E-state index contributed by atoms with van der Waals surface area (Å²) in [6.45, 7) is 3.39. The van der Waals surface area contributed by atoms with Gasteiger partial charge in [0.2, 0.25) is 0 Å². The average molecular weight is 302 g/mol. The van der Waals surface area contributed by atoms with E-state index >= 15 is 0 Å². The van der Waals surface area contributed by atoms with Crippen LogP contribution in [0.5, 0.6) is 0 Å². The van der Waals surface area contributed by atoms with Gasteiger partial charge in [-0.05, 0) is 56.7 Å². The van der Waals surface area contributed by atoms with Gasteiger partial charge in [-0.1, -0.05) is 6.07 Å². The van der Waals surface area contributed by atoms with Gasteiger partial charge in [-0.2, -0.15) is 13.2 Å². The zero-order chi connectivity index (χ0) is 15.8. The summed E-state index contributed by atoms with van der Waals surface area (Å²) >= 11 is 0. The van der Waals surface area contributed by atoms with Crippen LogP contribution in [0, 0.1) is 31.5 Å². The van der Waals surface area contributed by atoms with Crippen LogP contribution < -0.4 is 0 Å². The minimum absolute atomic E-state index is 0.0380. The number of ketones is 1. The molecule has 0 N–H and O–H groups in total. The van der Waals surface area contributed by atoms with Crippen molar-refractivity contribution < 1.29 is 22.4 Å². The molecule has 116 valence electrons. The summed E-state index contributed by atoms with van der Waals surface area (Å²) < 4.78 is 51.8. The van der Waals surface area contributed by atoms with Gasteiger partial charge in [0.15, 0.2) is 5.78 Å². The molecule has 1 nitrogen and oxygen atoms in total. The lowest BCUT2D eigenvalue weighted by Gasteiger charge is -2.29. The quantitative estimate of drug-likeness (QED) is 0.555. The van der Waals surface area contributed by atoms with E-state index in [4.69, 9.17) is 0 Å². The van der Waals surface area contributed by atoms with Crippen LogP contribution in [0.2, 0.25) is 0 Å². The Kier molecular flexibility index (Phi) is 4.40. The van der Waals surface area contributed by atoms with Gasteiger partial charge < -0.3 is 0 Å². The van der Waals surface area contributed by atoms with Gasteiger partial charge in [0, 0.05) is 5.92 Å². The first-order valence-electron chi connectivity index (χ1n) is 7.08. The molecule has 21 heavy (non-hydrogen) atoms. The first-order chi connectivity index (χ1) is 9.70. The largest absolute Gasteiger partial charge is 0.391 e. The van der Waals surface area contributed by atoms with Gasteiger partial charge in [-0.3, -0.25) is 4.79 Å². The molecule has 1 saturated carbocycles. The smallest absolute Gasteiger partial charge is 0.294 e. The third kappa shape index (κ3) is 3.44. The van der Waals surface area contributed by atoms with Gasteiger partial charge in [0.05, 0.1) is 11.5 Å². The molecular formula is C16H18F4O. The van der Waals surface area contributed by atoms with Crippen molar-refractivity contribution in [1.82, 2.24) is 0 Å².